The van der Waals surface area contributed by atoms with Gasteiger partial charge in [0.1, 0.15) is 0 Å². The van der Waals surface area contributed by atoms with E-state index in [2.05, 4.69) is 8.28 Å². The van der Waals surface area contributed by atoms with Crippen molar-refractivity contribution in [2.45, 2.75) is 11.5 Å². The summed E-state index contributed by atoms with van der Waals surface area (Å²) in [4.78, 5) is 19.4. The van der Waals surface area contributed by atoms with Crippen LogP contribution in [0, 0.1) is 5.16 Å². The lowest BCUT2D eigenvalue weighted by Gasteiger charge is -2.16. The number of nitrogens with one attached hydrogen (secondary N) is 1. The fourth-order valence-electron chi connectivity index (χ4n) is 1.62. The molecule has 0 aliphatic rings. The number of phosphoric acid groups is 1. The molecule has 2 rings (SSSR count). The Morgan fingerprint density at radius 3 is 1.74 bits per heavy atom. The zero-order chi connectivity index (χ0) is 19.6. The number of rotatable bonds is 12. The van der Waals surface area contributed by atoms with Crippen molar-refractivity contribution >= 4 is 59.3 Å². The minimum atomic E-state index is -4.64. The van der Waals surface area contributed by atoms with Gasteiger partial charge in [0.05, 0.1) is 22.1 Å². The molecule has 0 saturated carbocycles. The lowest BCUT2D eigenvalue weighted by atomic mass is 10.2. The minimum absolute atomic E-state index is 0.550. The molecule has 0 aliphatic heterocycles. The summed E-state index contributed by atoms with van der Waals surface area (Å²) in [5, 5.41) is 7.54. The first-order valence-corrected chi connectivity index (χ1v) is 14.9. The monoisotopic (exact) mass is 485 g/mol. The van der Waals surface area contributed by atoms with Crippen molar-refractivity contribution in [3.05, 3.63) is 71.8 Å². The van der Waals surface area contributed by atoms with Gasteiger partial charge in [-0.25, -0.2) is 17.7 Å². The predicted octanol–water partition coefficient (Wildman–Crippen LogP) is 6.65. The molecule has 0 aliphatic carbocycles. The molecule has 2 unspecified atom stereocenters. The van der Waals surface area contributed by atoms with E-state index in [0.29, 0.717) is 22.6 Å². The summed E-state index contributed by atoms with van der Waals surface area (Å²) < 4.78 is 25.8. The van der Waals surface area contributed by atoms with Crippen LogP contribution in [0.15, 0.2) is 60.7 Å². The van der Waals surface area contributed by atoms with Crippen molar-refractivity contribution in [1.29, 1.82) is 5.16 Å². The lowest BCUT2D eigenvalue weighted by molar-refractivity contribution is 0.280. The van der Waals surface area contributed by atoms with E-state index in [4.69, 9.17) is 9.13 Å². The first kappa shape index (κ1) is 23.4. The maximum atomic E-state index is 11.8. The van der Waals surface area contributed by atoms with Crippen LogP contribution >= 0.6 is 59.3 Å². The highest BCUT2D eigenvalue weighted by Crippen LogP contribution is 2.65. The van der Waals surface area contributed by atoms with Crippen LogP contribution in [-0.2, 0) is 28.3 Å². The van der Waals surface area contributed by atoms with Crippen LogP contribution in [0.25, 0.3) is 0 Å². The Balaban J connectivity index is 1.66. The lowest BCUT2D eigenvalue weighted by Crippen LogP contribution is -1.89. The van der Waals surface area contributed by atoms with Crippen LogP contribution < -0.4 is 0 Å². The van der Waals surface area contributed by atoms with Gasteiger partial charge in [-0.2, -0.15) is 4.31 Å². The van der Waals surface area contributed by atoms with E-state index in [1.54, 1.807) is 0 Å². The third-order valence-electron chi connectivity index (χ3n) is 2.70. The Labute approximate surface area is 173 Å². The molecule has 0 spiro atoms. The van der Waals surface area contributed by atoms with Crippen molar-refractivity contribution in [3.8, 4) is 0 Å². The highest BCUT2D eigenvalue weighted by molar-refractivity contribution is 8.75. The zero-order valence-corrected chi connectivity index (χ0v) is 18.8. The second-order valence-electron chi connectivity index (χ2n) is 4.85. The normalized spacial score (nSPS) is 15.8. The molecule has 0 radical (unpaired) electrons. The van der Waals surface area contributed by atoms with Crippen molar-refractivity contribution < 1.29 is 26.6 Å². The third kappa shape index (κ3) is 10.4. The van der Waals surface area contributed by atoms with Gasteiger partial charge in [0.25, 0.3) is 0 Å². The van der Waals surface area contributed by atoms with Gasteiger partial charge in [0.15, 0.2) is 0 Å². The highest BCUT2D eigenvalue weighted by atomic mass is 33.1. The van der Waals surface area contributed by atoms with Crippen LogP contribution in [0.1, 0.15) is 11.1 Å². The van der Waals surface area contributed by atoms with E-state index in [1.165, 1.54) is 21.6 Å². The molecule has 2 atom stereocenters. The van der Waals surface area contributed by atoms with E-state index >= 15 is 0 Å². The molecule has 0 heterocycles. The van der Waals surface area contributed by atoms with E-state index in [0.717, 1.165) is 22.2 Å². The molecule has 148 valence electrons. The van der Waals surface area contributed by atoms with Crippen LogP contribution in [-0.4, -0.2) is 9.79 Å². The summed E-state index contributed by atoms with van der Waals surface area (Å²) in [7, 11) is -6.50. The van der Waals surface area contributed by atoms with Crippen molar-refractivity contribution in [2.24, 2.45) is 0 Å². The number of benzene rings is 2. The van der Waals surface area contributed by atoms with Gasteiger partial charge in [0.2, 0.25) is 0 Å². The molecular formula is C14H17NO6P2S4. The van der Waals surface area contributed by atoms with E-state index in [1.807, 2.05) is 60.7 Å². The van der Waals surface area contributed by atoms with E-state index in [9.17, 15) is 14.4 Å². The third-order valence-corrected chi connectivity index (χ3v) is 9.94. The molecule has 3 N–H and O–H groups in total. The Hall–Kier alpha value is 0.1000. The Morgan fingerprint density at radius 1 is 0.815 bits per heavy atom. The van der Waals surface area contributed by atoms with Gasteiger partial charge in [-0.3, -0.25) is 0 Å². The summed E-state index contributed by atoms with van der Waals surface area (Å²) in [5.74, 6) is 1.12. The smallest absolute Gasteiger partial charge is 0.318 e. The largest absolute Gasteiger partial charge is 0.492 e. The van der Waals surface area contributed by atoms with Crippen LogP contribution in [0.4, 0.5) is 0 Å². The molecule has 0 aromatic heterocycles. The molecule has 0 saturated heterocycles. The van der Waals surface area contributed by atoms with Gasteiger partial charge in [-0.15, -0.1) is 0 Å². The van der Waals surface area contributed by atoms with Gasteiger partial charge in [-0.05, 0) is 11.1 Å². The molecule has 0 bridgehead atoms. The minimum Gasteiger partial charge on any atom is -0.318 e. The van der Waals surface area contributed by atoms with Gasteiger partial charge >= 0.3 is 15.6 Å². The van der Waals surface area contributed by atoms with Crippen LogP contribution in [0.3, 0.4) is 0 Å². The molecule has 2 aromatic rings. The van der Waals surface area contributed by atoms with Crippen molar-refractivity contribution in [3.63, 3.8) is 0 Å². The Kier molecular flexibility index (Phi) is 10.3. The Bertz CT molecular complexity index is 720. The Morgan fingerprint density at radius 2 is 1.26 bits per heavy atom. The second-order valence-corrected chi connectivity index (χ2v) is 12.2. The number of hydrogen-bond donors (Lipinski definition) is 3. The van der Waals surface area contributed by atoms with Crippen molar-refractivity contribution in [2.75, 3.05) is 0 Å². The zero-order valence-electron chi connectivity index (χ0n) is 13.7. The van der Waals surface area contributed by atoms with Gasteiger partial charge in [-0.1, -0.05) is 82.3 Å². The average Bonchev–Trinajstić information content (AvgIpc) is 2.63. The summed E-state index contributed by atoms with van der Waals surface area (Å²) in [6, 6.07) is 19.0. The molecule has 2 aromatic carbocycles. The highest BCUT2D eigenvalue weighted by Gasteiger charge is 2.33. The average molecular weight is 486 g/mol. The molecule has 13 heteroatoms. The molecule has 7 nitrogen and oxygen atoms in total. The first-order valence-electron chi connectivity index (χ1n) is 7.31. The second kappa shape index (κ2) is 11.9. The fourth-order valence-corrected chi connectivity index (χ4v) is 8.50. The maximum Gasteiger partial charge on any atom is 0.492 e. The summed E-state index contributed by atoms with van der Waals surface area (Å²) in [5.41, 5.74) is 2.06. The van der Waals surface area contributed by atoms with Gasteiger partial charge < -0.3 is 9.79 Å². The molecule has 27 heavy (non-hydrogen) atoms. The predicted molar refractivity (Wildman–Crippen MR) is 116 cm³/mol. The topological polar surface area (TPSA) is 109 Å². The van der Waals surface area contributed by atoms with Crippen LogP contribution in [0.2, 0.25) is 0 Å². The van der Waals surface area contributed by atoms with Gasteiger partial charge in [0, 0.05) is 11.5 Å². The molecule has 0 fully saturated rings. The maximum absolute atomic E-state index is 11.8. The van der Waals surface area contributed by atoms with Crippen molar-refractivity contribution in [1.82, 2.24) is 0 Å². The standard InChI is InChI=1S/C14H17NO6P2S4/c15-22(16,20-26-24-11-13-7-3-1-4-8-13)19-23(17,18)21-27-25-12-14-9-5-2-6-10-14/h1-10H,11-12H2,(H2,15,16)(H,17,18). The quantitative estimate of drug-likeness (QED) is 0.131. The fraction of sp³-hybridized carbons (Fsp3) is 0.143. The molecular weight excluding hydrogens is 468 g/mol. The summed E-state index contributed by atoms with van der Waals surface area (Å²) >= 11 is 1.38. The van der Waals surface area contributed by atoms with Crippen LogP contribution in [0.5, 0.6) is 0 Å². The summed E-state index contributed by atoms with van der Waals surface area (Å²) in [6.07, 6.45) is 0. The molecule has 0 amide bonds. The summed E-state index contributed by atoms with van der Waals surface area (Å²) in [6.45, 7) is 0. The van der Waals surface area contributed by atoms with E-state index in [-0.39, 0.29) is 0 Å². The number of hydrogen-bond acceptors (Lipinski definition) is 9. The SMILES string of the molecule is N=P(O)(OSSCc1ccccc1)OP(=O)(O)OSSCc1ccccc1. The first-order chi connectivity index (χ1) is 12.9. The van der Waals surface area contributed by atoms with E-state index < -0.39 is 15.6 Å².